The number of amides is 1. The molecule has 102 valence electrons. The zero-order valence-corrected chi connectivity index (χ0v) is 10.1. The number of carbonyl (C=O) groups excluding carboxylic acids is 1. The van der Waals surface area contributed by atoms with Crippen LogP contribution in [0.5, 0.6) is 11.5 Å². The lowest BCUT2D eigenvalue weighted by Crippen LogP contribution is -2.46. The average Bonchev–Trinajstić information content (AvgIpc) is 2.78. The van der Waals surface area contributed by atoms with Crippen molar-refractivity contribution in [1.29, 1.82) is 0 Å². The molecule has 0 N–H and O–H groups in total. The van der Waals surface area contributed by atoms with E-state index in [0.29, 0.717) is 11.5 Å². The summed E-state index contributed by atoms with van der Waals surface area (Å²) in [5.41, 5.74) is 0. The lowest BCUT2D eigenvalue weighted by Gasteiger charge is -2.28. The van der Waals surface area contributed by atoms with Crippen molar-refractivity contribution in [3.63, 3.8) is 0 Å². The Morgan fingerprint density at radius 2 is 2.05 bits per heavy atom. The van der Waals surface area contributed by atoms with E-state index in [0.717, 1.165) is 4.90 Å². The third-order valence-corrected chi connectivity index (χ3v) is 3.27. The minimum atomic E-state index is -2.79. The molecule has 1 atom stereocenters. The van der Waals surface area contributed by atoms with Crippen molar-refractivity contribution in [3.05, 3.63) is 24.3 Å². The monoisotopic (exact) mass is 269 g/mol. The Hall–Kier alpha value is -1.85. The molecule has 2 heterocycles. The van der Waals surface area contributed by atoms with Crippen LogP contribution in [0.1, 0.15) is 6.42 Å². The molecule has 4 nitrogen and oxygen atoms in total. The second-order valence-electron chi connectivity index (χ2n) is 4.73. The zero-order chi connectivity index (χ0) is 13.5. The van der Waals surface area contributed by atoms with E-state index < -0.39 is 24.5 Å². The van der Waals surface area contributed by atoms with E-state index in [1.807, 2.05) is 0 Å². The normalized spacial score (nSPS) is 24.3. The second kappa shape index (κ2) is 4.36. The molecule has 1 aromatic rings. The van der Waals surface area contributed by atoms with Crippen LogP contribution in [0.3, 0.4) is 0 Å². The second-order valence-corrected chi connectivity index (χ2v) is 4.73. The number of para-hydroxylation sites is 2. The predicted octanol–water partition coefficient (Wildman–Crippen LogP) is 1.69. The summed E-state index contributed by atoms with van der Waals surface area (Å²) in [5, 5.41) is 0. The zero-order valence-electron chi connectivity index (χ0n) is 10.1. The SMILES string of the molecule is O=C([C@H]1COc2ccccc2O1)N1CCC(F)(F)C1. The quantitative estimate of drug-likeness (QED) is 0.779. The Morgan fingerprint density at radius 3 is 2.74 bits per heavy atom. The highest BCUT2D eigenvalue weighted by molar-refractivity contribution is 5.82. The van der Waals surface area contributed by atoms with Crippen molar-refractivity contribution in [1.82, 2.24) is 4.90 Å². The van der Waals surface area contributed by atoms with Crippen LogP contribution in [0.4, 0.5) is 8.78 Å². The average molecular weight is 269 g/mol. The fourth-order valence-corrected chi connectivity index (χ4v) is 2.27. The van der Waals surface area contributed by atoms with Gasteiger partial charge in [-0.15, -0.1) is 0 Å². The van der Waals surface area contributed by atoms with Gasteiger partial charge in [0.2, 0.25) is 6.10 Å². The van der Waals surface area contributed by atoms with Gasteiger partial charge < -0.3 is 14.4 Å². The number of rotatable bonds is 1. The van der Waals surface area contributed by atoms with Crippen LogP contribution < -0.4 is 9.47 Å². The lowest BCUT2D eigenvalue weighted by molar-refractivity contribution is -0.141. The number of hydrogen-bond donors (Lipinski definition) is 0. The van der Waals surface area contributed by atoms with Crippen molar-refractivity contribution in [2.75, 3.05) is 19.7 Å². The topological polar surface area (TPSA) is 38.8 Å². The van der Waals surface area contributed by atoms with Crippen LogP contribution >= 0.6 is 0 Å². The third-order valence-electron chi connectivity index (χ3n) is 3.27. The highest BCUT2D eigenvalue weighted by atomic mass is 19.3. The number of alkyl halides is 2. The molecule has 2 aliphatic heterocycles. The fourth-order valence-electron chi connectivity index (χ4n) is 2.27. The van der Waals surface area contributed by atoms with E-state index in [2.05, 4.69) is 0 Å². The maximum absolute atomic E-state index is 13.1. The summed E-state index contributed by atoms with van der Waals surface area (Å²) in [6.07, 6.45) is -1.13. The number of hydrogen-bond acceptors (Lipinski definition) is 3. The molecule has 1 amide bonds. The predicted molar refractivity (Wildman–Crippen MR) is 62.5 cm³/mol. The molecule has 0 saturated carbocycles. The molecule has 0 radical (unpaired) electrons. The molecule has 2 aliphatic rings. The molecule has 3 rings (SSSR count). The van der Waals surface area contributed by atoms with E-state index in [4.69, 9.17) is 9.47 Å². The molecule has 1 fully saturated rings. The molecule has 1 saturated heterocycles. The Bertz CT molecular complexity index is 506. The molecule has 0 aliphatic carbocycles. The Morgan fingerprint density at radius 1 is 1.32 bits per heavy atom. The molecule has 6 heteroatoms. The van der Waals surface area contributed by atoms with E-state index >= 15 is 0 Å². The first kappa shape index (κ1) is 12.2. The van der Waals surface area contributed by atoms with Gasteiger partial charge in [-0.05, 0) is 12.1 Å². The third kappa shape index (κ3) is 2.34. The number of benzene rings is 1. The first-order valence-corrected chi connectivity index (χ1v) is 6.10. The van der Waals surface area contributed by atoms with Gasteiger partial charge in [-0.2, -0.15) is 0 Å². The van der Waals surface area contributed by atoms with Crippen LogP contribution in [0.2, 0.25) is 0 Å². The van der Waals surface area contributed by atoms with E-state index in [1.54, 1.807) is 24.3 Å². The Labute approximate surface area is 108 Å². The standard InChI is InChI=1S/C13H13F2NO3/c14-13(15)5-6-16(8-13)12(17)11-7-18-9-3-1-2-4-10(9)19-11/h1-4,11H,5-8H2/t11-/m1/s1. The van der Waals surface area contributed by atoms with Crippen molar-refractivity contribution >= 4 is 5.91 Å². The van der Waals surface area contributed by atoms with Crippen LogP contribution in [0, 0.1) is 0 Å². The highest BCUT2D eigenvalue weighted by Gasteiger charge is 2.43. The largest absolute Gasteiger partial charge is 0.485 e. The summed E-state index contributed by atoms with van der Waals surface area (Å²) in [5.74, 6) is -2.19. The number of fused-ring (bicyclic) bond motifs is 1. The number of ether oxygens (including phenoxy) is 2. The van der Waals surface area contributed by atoms with Gasteiger partial charge in [0.05, 0.1) is 6.54 Å². The molecule has 0 bridgehead atoms. The maximum Gasteiger partial charge on any atom is 0.267 e. The minimum Gasteiger partial charge on any atom is -0.485 e. The first-order valence-electron chi connectivity index (χ1n) is 6.10. The van der Waals surface area contributed by atoms with E-state index in [1.165, 1.54) is 0 Å². The summed E-state index contributed by atoms with van der Waals surface area (Å²) < 4.78 is 37.1. The van der Waals surface area contributed by atoms with Crippen LogP contribution in [0.15, 0.2) is 24.3 Å². The van der Waals surface area contributed by atoms with Gasteiger partial charge in [-0.3, -0.25) is 4.79 Å². The first-order chi connectivity index (χ1) is 9.05. The Balaban J connectivity index is 1.70. The van der Waals surface area contributed by atoms with Gasteiger partial charge >= 0.3 is 0 Å². The summed E-state index contributed by atoms with van der Waals surface area (Å²) in [6, 6.07) is 6.98. The molecular formula is C13H13F2NO3. The minimum absolute atomic E-state index is 0.0535. The summed E-state index contributed by atoms with van der Waals surface area (Å²) >= 11 is 0. The number of likely N-dealkylation sites (tertiary alicyclic amines) is 1. The number of carbonyl (C=O) groups is 1. The smallest absolute Gasteiger partial charge is 0.267 e. The van der Waals surface area contributed by atoms with E-state index in [9.17, 15) is 13.6 Å². The van der Waals surface area contributed by atoms with Crippen LogP contribution in [0.25, 0.3) is 0 Å². The Kier molecular flexibility index (Phi) is 2.80. The van der Waals surface area contributed by atoms with Crippen molar-refractivity contribution in [2.24, 2.45) is 0 Å². The lowest BCUT2D eigenvalue weighted by atomic mass is 10.2. The summed E-state index contributed by atoms with van der Waals surface area (Å²) in [6.45, 7) is -0.418. The maximum atomic E-state index is 13.1. The summed E-state index contributed by atoms with van der Waals surface area (Å²) in [4.78, 5) is 13.2. The fraction of sp³-hybridized carbons (Fsp3) is 0.462. The van der Waals surface area contributed by atoms with E-state index in [-0.39, 0.29) is 19.6 Å². The molecular weight excluding hydrogens is 256 g/mol. The molecule has 1 aromatic carbocycles. The van der Waals surface area contributed by atoms with Gasteiger partial charge in [-0.1, -0.05) is 12.1 Å². The van der Waals surface area contributed by atoms with Gasteiger partial charge in [0.15, 0.2) is 11.5 Å². The molecule has 0 aromatic heterocycles. The van der Waals surface area contributed by atoms with Gasteiger partial charge in [0, 0.05) is 13.0 Å². The molecule has 19 heavy (non-hydrogen) atoms. The van der Waals surface area contributed by atoms with Crippen LogP contribution in [-0.2, 0) is 4.79 Å². The molecule has 0 unspecified atom stereocenters. The highest BCUT2D eigenvalue weighted by Crippen LogP contribution is 2.32. The number of nitrogens with zero attached hydrogens (tertiary/aromatic N) is 1. The molecule has 0 spiro atoms. The summed E-state index contributed by atoms with van der Waals surface area (Å²) in [7, 11) is 0. The van der Waals surface area contributed by atoms with Crippen molar-refractivity contribution < 1.29 is 23.0 Å². The van der Waals surface area contributed by atoms with Crippen LogP contribution in [-0.4, -0.2) is 42.5 Å². The van der Waals surface area contributed by atoms with Crippen molar-refractivity contribution in [3.8, 4) is 11.5 Å². The van der Waals surface area contributed by atoms with Crippen molar-refractivity contribution in [2.45, 2.75) is 18.4 Å². The van der Waals surface area contributed by atoms with Gasteiger partial charge in [-0.25, -0.2) is 8.78 Å². The number of halogens is 2. The van der Waals surface area contributed by atoms with Gasteiger partial charge in [0.25, 0.3) is 11.8 Å². The van der Waals surface area contributed by atoms with Gasteiger partial charge in [0.1, 0.15) is 6.61 Å².